The molecule has 6 heteroatoms. The summed E-state index contributed by atoms with van der Waals surface area (Å²) in [6.45, 7) is 1.80. The van der Waals surface area contributed by atoms with Crippen LogP contribution in [0.3, 0.4) is 0 Å². The summed E-state index contributed by atoms with van der Waals surface area (Å²) in [6.07, 6.45) is 1.01. The van der Waals surface area contributed by atoms with Crippen LogP contribution < -0.4 is 16.0 Å². The summed E-state index contributed by atoms with van der Waals surface area (Å²) in [5.41, 5.74) is 9.92. The van der Waals surface area contributed by atoms with Crippen LogP contribution in [0.5, 0.6) is 0 Å². The van der Waals surface area contributed by atoms with Gasteiger partial charge in [0.05, 0.1) is 6.54 Å². The largest absolute Gasteiger partial charge is 0.362 e. The third-order valence-corrected chi connectivity index (χ3v) is 3.79. The lowest BCUT2D eigenvalue weighted by Crippen LogP contribution is -2.31. The summed E-state index contributed by atoms with van der Waals surface area (Å²) < 4.78 is 0. The predicted molar refractivity (Wildman–Crippen MR) is 99.8 cm³/mol. The SMILES string of the molecule is Cl.Cl.NCc1ccc(NC(=O)CN2CCc3ccccc32)cc1. The number of carbonyl (C=O) groups is 1. The van der Waals surface area contributed by atoms with Crippen LogP contribution in [-0.2, 0) is 17.8 Å². The number of hydrogen-bond donors (Lipinski definition) is 2. The van der Waals surface area contributed by atoms with Gasteiger partial charge in [-0.05, 0) is 35.7 Å². The molecular weight excluding hydrogens is 333 g/mol. The van der Waals surface area contributed by atoms with E-state index in [0.29, 0.717) is 13.1 Å². The highest BCUT2D eigenvalue weighted by molar-refractivity contribution is 5.94. The fourth-order valence-corrected chi connectivity index (χ4v) is 2.67. The molecule has 2 aromatic rings. The standard InChI is InChI=1S/C17H19N3O.2ClH/c18-11-13-5-7-15(8-6-13)19-17(21)12-20-10-9-14-3-1-2-4-16(14)20;;/h1-8H,9-12,18H2,(H,19,21);2*1H. The van der Waals surface area contributed by atoms with Crippen LogP contribution in [0.15, 0.2) is 48.5 Å². The zero-order valence-electron chi connectivity index (χ0n) is 12.7. The van der Waals surface area contributed by atoms with Crippen molar-refractivity contribution >= 4 is 42.1 Å². The molecule has 0 spiro atoms. The Morgan fingerprint density at radius 1 is 1.09 bits per heavy atom. The summed E-state index contributed by atoms with van der Waals surface area (Å²) in [6, 6.07) is 15.9. The van der Waals surface area contributed by atoms with Crippen molar-refractivity contribution < 1.29 is 4.79 Å². The van der Waals surface area contributed by atoms with E-state index in [1.165, 1.54) is 11.3 Å². The van der Waals surface area contributed by atoms with Crippen LogP contribution in [-0.4, -0.2) is 19.0 Å². The van der Waals surface area contributed by atoms with E-state index < -0.39 is 0 Å². The quantitative estimate of drug-likeness (QED) is 0.888. The number of benzene rings is 2. The van der Waals surface area contributed by atoms with Crippen molar-refractivity contribution in [1.82, 2.24) is 0 Å². The van der Waals surface area contributed by atoms with Gasteiger partial charge in [0.25, 0.3) is 0 Å². The van der Waals surface area contributed by atoms with Gasteiger partial charge < -0.3 is 16.0 Å². The zero-order chi connectivity index (χ0) is 14.7. The topological polar surface area (TPSA) is 58.4 Å². The van der Waals surface area contributed by atoms with Crippen molar-refractivity contribution in [2.75, 3.05) is 23.3 Å². The Hall–Kier alpha value is -1.75. The molecule has 1 aliphatic rings. The van der Waals surface area contributed by atoms with Crippen LogP contribution in [0.2, 0.25) is 0 Å². The number of anilines is 2. The van der Waals surface area contributed by atoms with Gasteiger partial charge in [0, 0.05) is 24.5 Å². The van der Waals surface area contributed by atoms with Crippen LogP contribution in [0.4, 0.5) is 11.4 Å². The monoisotopic (exact) mass is 353 g/mol. The molecule has 2 aromatic carbocycles. The van der Waals surface area contributed by atoms with E-state index in [1.54, 1.807) is 0 Å². The van der Waals surface area contributed by atoms with Gasteiger partial charge in [0.2, 0.25) is 5.91 Å². The molecule has 0 aliphatic carbocycles. The Morgan fingerprint density at radius 2 is 1.78 bits per heavy atom. The minimum atomic E-state index is 0. The highest BCUT2D eigenvalue weighted by atomic mass is 35.5. The highest BCUT2D eigenvalue weighted by Gasteiger charge is 2.20. The van der Waals surface area contributed by atoms with Gasteiger partial charge >= 0.3 is 0 Å². The molecule has 0 atom stereocenters. The first-order valence-electron chi connectivity index (χ1n) is 7.18. The third kappa shape index (κ3) is 4.61. The van der Waals surface area contributed by atoms with E-state index in [1.807, 2.05) is 36.4 Å². The van der Waals surface area contributed by atoms with Gasteiger partial charge in [-0.1, -0.05) is 30.3 Å². The molecule has 4 nitrogen and oxygen atoms in total. The van der Waals surface area contributed by atoms with E-state index in [2.05, 4.69) is 22.3 Å². The first-order chi connectivity index (χ1) is 10.3. The summed E-state index contributed by atoms with van der Waals surface area (Å²) in [7, 11) is 0. The molecule has 1 heterocycles. The third-order valence-electron chi connectivity index (χ3n) is 3.79. The Bertz CT molecular complexity index is 647. The number of nitrogens with one attached hydrogen (secondary N) is 1. The molecule has 0 unspecified atom stereocenters. The Kier molecular flexibility index (Phi) is 7.36. The van der Waals surface area contributed by atoms with Crippen molar-refractivity contribution in [2.24, 2.45) is 5.73 Å². The molecule has 0 saturated heterocycles. The van der Waals surface area contributed by atoms with E-state index in [0.717, 1.165) is 24.2 Å². The molecule has 23 heavy (non-hydrogen) atoms. The highest BCUT2D eigenvalue weighted by Crippen LogP contribution is 2.26. The van der Waals surface area contributed by atoms with Crippen molar-refractivity contribution in [3.63, 3.8) is 0 Å². The van der Waals surface area contributed by atoms with E-state index in [9.17, 15) is 4.79 Å². The second-order valence-electron chi connectivity index (χ2n) is 5.25. The van der Waals surface area contributed by atoms with E-state index in [4.69, 9.17) is 5.73 Å². The fourth-order valence-electron chi connectivity index (χ4n) is 2.67. The van der Waals surface area contributed by atoms with Crippen LogP contribution in [0.25, 0.3) is 0 Å². The maximum atomic E-state index is 12.2. The average molecular weight is 354 g/mol. The summed E-state index contributed by atoms with van der Waals surface area (Å²) in [5, 5.41) is 2.93. The van der Waals surface area contributed by atoms with Gasteiger partial charge in [0.15, 0.2) is 0 Å². The number of carbonyl (C=O) groups excluding carboxylic acids is 1. The lowest BCUT2D eigenvalue weighted by atomic mass is 10.2. The maximum absolute atomic E-state index is 12.2. The van der Waals surface area contributed by atoms with Gasteiger partial charge in [0.1, 0.15) is 0 Å². The number of hydrogen-bond acceptors (Lipinski definition) is 3. The molecule has 3 N–H and O–H groups in total. The molecule has 0 bridgehead atoms. The number of amides is 1. The molecule has 0 radical (unpaired) electrons. The van der Waals surface area contributed by atoms with Gasteiger partial charge in [-0.3, -0.25) is 4.79 Å². The molecule has 3 rings (SSSR count). The lowest BCUT2D eigenvalue weighted by Gasteiger charge is -2.18. The van der Waals surface area contributed by atoms with Crippen LogP contribution >= 0.6 is 24.8 Å². The lowest BCUT2D eigenvalue weighted by molar-refractivity contribution is -0.115. The number of para-hydroxylation sites is 1. The summed E-state index contributed by atoms with van der Waals surface area (Å²) in [4.78, 5) is 14.3. The zero-order valence-corrected chi connectivity index (χ0v) is 14.3. The summed E-state index contributed by atoms with van der Waals surface area (Å²) in [5.74, 6) is 0.00667. The number of nitrogens with two attached hydrogens (primary N) is 1. The Labute approximate surface area is 148 Å². The number of fused-ring (bicyclic) bond motifs is 1. The maximum Gasteiger partial charge on any atom is 0.243 e. The smallest absolute Gasteiger partial charge is 0.243 e. The first-order valence-corrected chi connectivity index (χ1v) is 7.18. The minimum Gasteiger partial charge on any atom is -0.362 e. The van der Waals surface area contributed by atoms with Crippen LogP contribution in [0.1, 0.15) is 11.1 Å². The van der Waals surface area contributed by atoms with Crippen molar-refractivity contribution in [1.29, 1.82) is 0 Å². The first kappa shape index (κ1) is 19.3. The van der Waals surface area contributed by atoms with Crippen LogP contribution in [0, 0.1) is 0 Å². The Morgan fingerprint density at radius 3 is 2.48 bits per heavy atom. The van der Waals surface area contributed by atoms with Crippen molar-refractivity contribution in [2.45, 2.75) is 13.0 Å². The normalized spacial score (nSPS) is 12.0. The molecule has 1 amide bonds. The van der Waals surface area contributed by atoms with Crippen molar-refractivity contribution in [3.05, 3.63) is 59.7 Å². The number of halogens is 2. The fraction of sp³-hybridized carbons (Fsp3) is 0.235. The molecule has 0 aromatic heterocycles. The second kappa shape index (κ2) is 8.77. The molecule has 1 aliphatic heterocycles. The van der Waals surface area contributed by atoms with E-state index in [-0.39, 0.29) is 30.7 Å². The molecule has 0 saturated carbocycles. The molecular formula is C17H21Cl2N3O. The predicted octanol–water partition coefficient (Wildman–Crippen LogP) is 2.99. The summed E-state index contributed by atoms with van der Waals surface area (Å²) >= 11 is 0. The van der Waals surface area contributed by atoms with Gasteiger partial charge in [-0.2, -0.15) is 0 Å². The Balaban J connectivity index is 0.00000132. The number of rotatable bonds is 4. The number of nitrogens with zero attached hydrogens (tertiary/aromatic N) is 1. The average Bonchev–Trinajstić information content (AvgIpc) is 2.91. The second-order valence-corrected chi connectivity index (χ2v) is 5.25. The van der Waals surface area contributed by atoms with Gasteiger partial charge in [-0.25, -0.2) is 0 Å². The minimum absolute atomic E-state index is 0. The van der Waals surface area contributed by atoms with E-state index >= 15 is 0 Å². The van der Waals surface area contributed by atoms with Gasteiger partial charge in [-0.15, -0.1) is 24.8 Å². The van der Waals surface area contributed by atoms with Crippen molar-refractivity contribution in [3.8, 4) is 0 Å². The molecule has 0 fully saturated rings. The molecule has 124 valence electrons.